The van der Waals surface area contributed by atoms with E-state index in [0.717, 1.165) is 15.6 Å². The monoisotopic (exact) mass is 324 g/mol. The van der Waals surface area contributed by atoms with Crippen LogP contribution in [0.2, 0.25) is 0 Å². The summed E-state index contributed by atoms with van der Waals surface area (Å²) in [5, 5.41) is 9.94. The molecule has 1 N–H and O–H groups in total. The number of aromatic nitrogens is 1. The summed E-state index contributed by atoms with van der Waals surface area (Å²) in [5.41, 5.74) is 0.950. The Labute approximate surface area is 125 Å². The number of aryl methyl sites for hydroxylation is 1. The van der Waals surface area contributed by atoms with E-state index < -0.39 is 21.9 Å². The molecular formula is C13H12N2O4S2. The van der Waals surface area contributed by atoms with Gasteiger partial charge in [0.1, 0.15) is 5.92 Å². The second-order valence-electron chi connectivity index (χ2n) is 4.68. The van der Waals surface area contributed by atoms with Gasteiger partial charge in [-0.15, -0.1) is 11.3 Å². The molecule has 1 aromatic carbocycles. The van der Waals surface area contributed by atoms with Gasteiger partial charge >= 0.3 is 5.97 Å². The van der Waals surface area contributed by atoms with Crippen LogP contribution in [-0.2, 0) is 14.8 Å². The molecule has 1 unspecified atom stereocenters. The number of carboxylic acid groups (broad SMARTS) is 1. The lowest BCUT2D eigenvalue weighted by Crippen LogP contribution is -2.30. The van der Waals surface area contributed by atoms with Gasteiger partial charge in [-0.05, 0) is 18.6 Å². The lowest BCUT2D eigenvalue weighted by atomic mass is 10.0. The standard InChI is InChI=1S/C13H12N2O4S2/c1-8-14-6-12(20-8)21(18,19)15-7-10(13(16)17)9-4-2-3-5-11(9)15/h2-6,10H,7H2,1H3,(H,16,17). The number of aliphatic carboxylic acids is 1. The number of carbonyl (C=O) groups is 1. The molecule has 2 aromatic rings. The van der Waals surface area contributed by atoms with Gasteiger partial charge in [0.05, 0.1) is 23.4 Å². The molecule has 1 aliphatic heterocycles. The Balaban J connectivity index is 2.10. The Hall–Kier alpha value is -1.93. The highest BCUT2D eigenvalue weighted by Gasteiger charge is 2.40. The van der Waals surface area contributed by atoms with Gasteiger partial charge in [-0.3, -0.25) is 9.10 Å². The molecule has 0 fully saturated rings. The molecule has 1 aromatic heterocycles. The minimum absolute atomic E-state index is 0.0893. The summed E-state index contributed by atoms with van der Waals surface area (Å²) in [5.74, 6) is -1.87. The SMILES string of the molecule is Cc1ncc(S(=O)(=O)N2CC(C(=O)O)c3ccccc32)s1. The highest BCUT2D eigenvalue weighted by atomic mass is 32.2. The largest absolute Gasteiger partial charge is 0.481 e. The lowest BCUT2D eigenvalue weighted by Gasteiger charge is -2.18. The summed E-state index contributed by atoms with van der Waals surface area (Å²) in [7, 11) is -3.77. The van der Waals surface area contributed by atoms with E-state index in [1.54, 1.807) is 31.2 Å². The van der Waals surface area contributed by atoms with Gasteiger partial charge in [0.25, 0.3) is 10.0 Å². The highest BCUT2D eigenvalue weighted by Crippen LogP contribution is 2.40. The number of rotatable bonds is 3. The predicted octanol–water partition coefficient (Wildman–Crippen LogP) is 1.83. The zero-order valence-corrected chi connectivity index (χ0v) is 12.7. The van der Waals surface area contributed by atoms with Crippen LogP contribution in [0.3, 0.4) is 0 Å². The van der Waals surface area contributed by atoms with Crippen molar-refractivity contribution in [2.24, 2.45) is 0 Å². The summed E-state index contributed by atoms with van der Waals surface area (Å²) in [6, 6.07) is 6.69. The average molecular weight is 324 g/mol. The number of nitrogens with zero attached hydrogens (tertiary/aromatic N) is 2. The molecule has 6 nitrogen and oxygen atoms in total. The molecular weight excluding hydrogens is 312 g/mol. The third-order valence-corrected chi connectivity index (χ3v) is 6.50. The first-order chi connectivity index (χ1) is 9.91. The van der Waals surface area contributed by atoms with Crippen molar-refractivity contribution in [3.05, 3.63) is 41.0 Å². The smallest absolute Gasteiger partial charge is 0.312 e. The van der Waals surface area contributed by atoms with E-state index in [1.165, 1.54) is 6.20 Å². The number of hydrogen-bond donors (Lipinski definition) is 1. The van der Waals surface area contributed by atoms with Gasteiger partial charge in [-0.2, -0.15) is 0 Å². The Kier molecular flexibility index (Phi) is 3.22. The van der Waals surface area contributed by atoms with E-state index in [2.05, 4.69) is 4.98 Å². The predicted molar refractivity (Wildman–Crippen MR) is 78.2 cm³/mol. The minimum atomic E-state index is -3.77. The van der Waals surface area contributed by atoms with Crippen LogP contribution in [0.1, 0.15) is 16.5 Å². The van der Waals surface area contributed by atoms with Crippen molar-refractivity contribution in [1.29, 1.82) is 0 Å². The fourth-order valence-electron chi connectivity index (χ4n) is 2.38. The van der Waals surface area contributed by atoms with Crippen molar-refractivity contribution in [3.8, 4) is 0 Å². The molecule has 0 saturated carbocycles. The van der Waals surface area contributed by atoms with E-state index >= 15 is 0 Å². The molecule has 3 rings (SSSR count). The van der Waals surface area contributed by atoms with Crippen molar-refractivity contribution in [1.82, 2.24) is 4.98 Å². The molecule has 110 valence electrons. The summed E-state index contributed by atoms with van der Waals surface area (Å²) in [6.07, 6.45) is 1.31. The molecule has 1 atom stereocenters. The molecule has 0 radical (unpaired) electrons. The number of sulfonamides is 1. The summed E-state index contributed by atoms with van der Waals surface area (Å²) in [4.78, 5) is 15.3. The first kappa shape index (κ1) is 14.0. The molecule has 21 heavy (non-hydrogen) atoms. The molecule has 2 heterocycles. The van der Waals surface area contributed by atoms with Crippen LogP contribution in [0.4, 0.5) is 5.69 Å². The van der Waals surface area contributed by atoms with Crippen molar-refractivity contribution < 1.29 is 18.3 Å². The zero-order valence-electron chi connectivity index (χ0n) is 11.1. The normalized spacial score (nSPS) is 17.8. The summed E-state index contributed by atoms with van der Waals surface area (Å²) < 4.78 is 26.7. The number of para-hydroxylation sites is 1. The van der Waals surface area contributed by atoms with Gasteiger partial charge in [0, 0.05) is 0 Å². The molecule has 0 amide bonds. The Bertz CT molecular complexity index is 813. The topological polar surface area (TPSA) is 87.6 Å². The average Bonchev–Trinajstić information content (AvgIpc) is 3.02. The summed E-state index contributed by atoms with van der Waals surface area (Å²) in [6.45, 7) is 1.63. The van der Waals surface area contributed by atoms with Gasteiger partial charge < -0.3 is 5.11 Å². The van der Waals surface area contributed by atoms with Crippen LogP contribution in [0, 0.1) is 6.92 Å². The maximum atomic E-state index is 12.7. The number of hydrogen-bond acceptors (Lipinski definition) is 5. The van der Waals surface area contributed by atoms with Crippen molar-refractivity contribution in [3.63, 3.8) is 0 Å². The first-order valence-corrected chi connectivity index (χ1v) is 8.44. The molecule has 0 saturated heterocycles. The second-order valence-corrected chi connectivity index (χ2v) is 8.01. The lowest BCUT2D eigenvalue weighted by molar-refractivity contribution is -0.138. The number of thiazole rings is 1. The maximum Gasteiger partial charge on any atom is 0.312 e. The minimum Gasteiger partial charge on any atom is -0.481 e. The number of fused-ring (bicyclic) bond motifs is 1. The molecule has 1 aliphatic rings. The van der Waals surface area contributed by atoms with Gasteiger partial charge in [-0.25, -0.2) is 13.4 Å². The number of anilines is 1. The Morgan fingerprint density at radius 3 is 2.76 bits per heavy atom. The van der Waals surface area contributed by atoms with Crippen molar-refractivity contribution in [2.45, 2.75) is 17.1 Å². The third kappa shape index (κ3) is 2.20. The van der Waals surface area contributed by atoms with Crippen LogP contribution < -0.4 is 4.31 Å². The van der Waals surface area contributed by atoms with Crippen LogP contribution in [0.5, 0.6) is 0 Å². The van der Waals surface area contributed by atoms with Crippen molar-refractivity contribution in [2.75, 3.05) is 10.8 Å². The molecule has 8 heteroatoms. The number of carboxylic acids is 1. The van der Waals surface area contributed by atoms with Crippen LogP contribution in [-0.4, -0.2) is 31.0 Å². The quantitative estimate of drug-likeness (QED) is 0.930. The fourth-order valence-corrected chi connectivity index (χ4v) is 5.11. The van der Waals surface area contributed by atoms with Crippen LogP contribution in [0.25, 0.3) is 0 Å². The van der Waals surface area contributed by atoms with E-state index in [1.807, 2.05) is 0 Å². The number of benzene rings is 1. The molecule has 0 aliphatic carbocycles. The zero-order chi connectivity index (χ0) is 15.2. The van der Waals surface area contributed by atoms with E-state index in [9.17, 15) is 18.3 Å². The van der Waals surface area contributed by atoms with E-state index in [-0.39, 0.29) is 10.8 Å². The molecule has 0 spiro atoms. The van der Waals surface area contributed by atoms with Gasteiger partial charge in [0.15, 0.2) is 4.21 Å². The summed E-state index contributed by atoms with van der Waals surface area (Å²) >= 11 is 1.08. The van der Waals surface area contributed by atoms with Gasteiger partial charge in [0.2, 0.25) is 0 Å². The maximum absolute atomic E-state index is 12.7. The third-order valence-electron chi connectivity index (χ3n) is 3.37. The first-order valence-electron chi connectivity index (χ1n) is 6.18. The van der Waals surface area contributed by atoms with Crippen LogP contribution >= 0.6 is 11.3 Å². The van der Waals surface area contributed by atoms with E-state index in [0.29, 0.717) is 16.3 Å². The van der Waals surface area contributed by atoms with Crippen molar-refractivity contribution >= 4 is 33.0 Å². The fraction of sp³-hybridized carbons (Fsp3) is 0.231. The van der Waals surface area contributed by atoms with E-state index in [4.69, 9.17) is 0 Å². The Morgan fingerprint density at radius 1 is 1.43 bits per heavy atom. The molecule has 0 bridgehead atoms. The second kappa shape index (κ2) is 4.81. The highest BCUT2D eigenvalue weighted by molar-refractivity contribution is 7.94. The Morgan fingerprint density at radius 2 is 2.14 bits per heavy atom. The van der Waals surface area contributed by atoms with Crippen LogP contribution in [0.15, 0.2) is 34.7 Å². The van der Waals surface area contributed by atoms with Gasteiger partial charge in [-0.1, -0.05) is 18.2 Å².